The molecule has 1 aromatic rings. The number of carbonyl (C=O) groups excluding carboxylic acids is 1. The van der Waals surface area contributed by atoms with E-state index in [4.69, 9.17) is 0 Å². The number of sulfonamides is 1. The topological polar surface area (TPSA) is 77.5 Å². The van der Waals surface area contributed by atoms with Crippen molar-refractivity contribution in [2.24, 2.45) is 17.8 Å². The smallest absolute Gasteiger partial charge is 0.232 e. The van der Waals surface area contributed by atoms with Crippen LogP contribution >= 0.6 is 0 Å². The minimum absolute atomic E-state index is 0.248. The molecule has 0 amide bonds. The first-order valence-corrected chi connectivity index (χ1v) is 10.9. The van der Waals surface area contributed by atoms with Gasteiger partial charge in [-0.15, -0.1) is 0 Å². The molecule has 0 N–H and O–H groups in total. The fourth-order valence-electron chi connectivity index (χ4n) is 5.96. The second-order valence-corrected chi connectivity index (χ2v) is 10.3. The molecule has 136 valence electrons. The summed E-state index contributed by atoms with van der Waals surface area (Å²) >= 11 is 0. The number of hydrogen-bond acceptors (Lipinski definition) is 4. The third kappa shape index (κ3) is 3.05. The molecule has 0 radical (unpaired) electrons. The largest absolute Gasteiger partial charge is 0.548 e. The molecule has 0 atom stereocenters. The molecule has 0 saturated heterocycles. The van der Waals surface area contributed by atoms with Gasteiger partial charge in [-0.3, -0.25) is 4.31 Å². The zero-order chi connectivity index (χ0) is 17.8. The van der Waals surface area contributed by atoms with Crippen molar-refractivity contribution >= 4 is 21.7 Å². The lowest BCUT2D eigenvalue weighted by Crippen LogP contribution is -2.48. The lowest BCUT2D eigenvalue weighted by atomic mass is 9.48. The van der Waals surface area contributed by atoms with E-state index in [1.165, 1.54) is 44.1 Å². The van der Waals surface area contributed by atoms with Crippen LogP contribution in [-0.2, 0) is 20.2 Å². The van der Waals surface area contributed by atoms with Crippen LogP contribution in [0.5, 0.6) is 0 Å². The molecule has 0 aromatic heterocycles. The number of nitrogens with zero attached hydrogens (tertiary/aromatic N) is 1. The predicted molar refractivity (Wildman–Crippen MR) is 93.5 cm³/mol. The van der Waals surface area contributed by atoms with E-state index in [-0.39, 0.29) is 5.41 Å². The van der Waals surface area contributed by atoms with Gasteiger partial charge in [-0.05, 0) is 79.4 Å². The maximum Gasteiger partial charge on any atom is 0.232 e. The van der Waals surface area contributed by atoms with Gasteiger partial charge in [-0.1, -0.05) is 12.1 Å². The van der Waals surface area contributed by atoms with Crippen molar-refractivity contribution in [1.29, 1.82) is 0 Å². The molecule has 5 rings (SSSR count). The highest BCUT2D eigenvalue weighted by molar-refractivity contribution is 7.92. The third-order valence-electron chi connectivity index (χ3n) is 6.48. The van der Waals surface area contributed by atoms with Gasteiger partial charge < -0.3 is 9.90 Å². The molecule has 4 aliphatic rings. The molecule has 4 aliphatic carbocycles. The molecular weight excluding hydrogens is 338 g/mol. The first-order chi connectivity index (χ1) is 11.7. The maximum absolute atomic E-state index is 11.9. The van der Waals surface area contributed by atoms with Crippen molar-refractivity contribution in [3.05, 3.63) is 29.8 Å². The normalized spacial score (nSPS) is 33.4. The van der Waals surface area contributed by atoms with Crippen molar-refractivity contribution in [3.63, 3.8) is 0 Å². The molecule has 0 heterocycles. The van der Waals surface area contributed by atoms with E-state index in [1.807, 2.05) is 12.1 Å². The average Bonchev–Trinajstić information content (AvgIpc) is 2.50. The minimum Gasteiger partial charge on any atom is -0.548 e. The molecule has 4 saturated carbocycles. The van der Waals surface area contributed by atoms with Crippen LogP contribution in [0.4, 0.5) is 5.69 Å². The van der Waals surface area contributed by atoms with Gasteiger partial charge in [0.2, 0.25) is 10.0 Å². The standard InChI is InChI=1S/C19H25NO4S/c1-25(23,24)20(12-18(21)22)17-4-2-16(3-5-17)19-9-13-6-14(10-19)8-15(7-13)11-19/h2-5,13-15H,6-12H2,1H3,(H,21,22)/p-1. The first kappa shape index (κ1) is 16.9. The Kier molecular flexibility index (Phi) is 3.87. The van der Waals surface area contributed by atoms with Crippen LogP contribution < -0.4 is 9.41 Å². The lowest BCUT2D eigenvalue weighted by Gasteiger charge is -2.57. The summed E-state index contributed by atoms with van der Waals surface area (Å²) in [5.74, 6) is 1.13. The van der Waals surface area contributed by atoms with Gasteiger partial charge in [-0.2, -0.15) is 0 Å². The Morgan fingerprint density at radius 1 is 1.08 bits per heavy atom. The number of hydrogen-bond donors (Lipinski definition) is 0. The lowest BCUT2D eigenvalue weighted by molar-refractivity contribution is -0.303. The number of carbonyl (C=O) groups is 1. The SMILES string of the molecule is CS(=O)(=O)N(CC(=O)[O-])c1ccc(C23CC4CC(CC(C4)C2)C3)cc1. The zero-order valence-corrected chi connectivity index (χ0v) is 15.3. The van der Waals surface area contributed by atoms with Crippen LogP contribution in [-0.4, -0.2) is 27.2 Å². The monoisotopic (exact) mass is 362 g/mol. The summed E-state index contributed by atoms with van der Waals surface area (Å²) in [6, 6.07) is 7.52. The second-order valence-electron chi connectivity index (χ2n) is 8.39. The highest BCUT2D eigenvalue weighted by Crippen LogP contribution is 2.60. The molecule has 0 unspecified atom stereocenters. The summed E-state index contributed by atoms with van der Waals surface area (Å²) in [6.07, 6.45) is 8.89. The Morgan fingerprint density at radius 2 is 1.56 bits per heavy atom. The van der Waals surface area contributed by atoms with E-state index in [0.29, 0.717) is 5.69 Å². The fraction of sp³-hybridized carbons (Fsp3) is 0.632. The van der Waals surface area contributed by atoms with E-state index in [1.54, 1.807) is 12.1 Å². The minimum atomic E-state index is -3.66. The van der Waals surface area contributed by atoms with Crippen LogP contribution in [0.25, 0.3) is 0 Å². The predicted octanol–water partition coefficient (Wildman–Crippen LogP) is 1.67. The first-order valence-electron chi connectivity index (χ1n) is 9.03. The fourth-order valence-corrected chi connectivity index (χ4v) is 6.81. The quantitative estimate of drug-likeness (QED) is 0.798. The molecule has 1 aromatic carbocycles. The number of benzene rings is 1. The van der Waals surface area contributed by atoms with Crippen LogP contribution in [0, 0.1) is 17.8 Å². The number of carboxylic acids is 1. The highest BCUT2D eigenvalue weighted by Gasteiger charge is 2.51. The summed E-state index contributed by atoms with van der Waals surface area (Å²) in [5.41, 5.74) is 1.93. The van der Waals surface area contributed by atoms with Crippen LogP contribution in [0.15, 0.2) is 24.3 Å². The van der Waals surface area contributed by atoms with Gasteiger partial charge in [0.05, 0.1) is 24.5 Å². The van der Waals surface area contributed by atoms with Crippen molar-refractivity contribution in [2.75, 3.05) is 17.1 Å². The van der Waals surface area contributed by atoms with Crippen molar-refractivity contribution in [2.45, 2.75) is 43.9 Å². The highest BCUT2D eigenvalue weighted by atomic mass is 32.2. The van der Waals surface area contributed by atoms with Gasteiger partial charge in [0.25, 0.3) is 0 Å². The molecular formula is C19H24NO4S-. The van der Waals surface area contributed by atoms with Crippen LogP contribution in [0.3, 0.4) is 0 Å². The van der Waals surface area contributed by atoms with Crippen LogP contribution in [0.1, 0.15) is 44.1 Å². The van der Waals surface area contributed by atoms with E-state index < -0.39 is 22.5 Å². The average molecular weight is 362 g/mol. The Bertz CT molecular complexity index is 749. The van der Waals surface area contributed by atoms with Gasteiger partial charge in [0, 0.05) is 0 Å². The van der Waals surface area contributed by atoms with E-state index in [9.17, 15) is 18.3 Å². The summed E-state index contributed by atoms with van der Waals surface area (Å²) in [4.78, 5) is 10.9. The summed E-state index contributed by atoms with van der Waals surface area (Å²) in [6.45, 7) is -0.657. The molecule has 4 bridgehead atoms. The molecule has 6 heteroatoms. The van der Waals surface area contributed by atoms with Gasteiger partial charge in [0.1, 0.15) is 0 Å². The Hall–Kier alpha value is -1.56. The third-order valence-corrected chi connectivity index (χ3v) is 7.62. The van der Waals surface area contributed by atoms with E-state index in [2.05, 4.69) is 0 Å². The summed E-state index contributed by atoms with van der Waals surface area (Å²) in [5, 5.41) is 10.9. The van der Waals surface area contributed by atoms with E-state index >= 15 is 0 Å². The molecule has 4 fully saturated rings. The Balaban J connectivity index is 1.63. The number of anilines is 1. The van der Waals surface area contributed by atoms with Gasteiger partial charge >= 0.3 is 0 Å². The molecule has 0 spiro atoms. The number of aliphatic carboxylic acids is 1. The summed E-state index contributed by atoms with van der Waals surface area (Å²) < 4.78 is 24.7. The Morgan fingerprint density at radius 3 is 1.96 bits per heavy atom. The second kappa shape index (κ2) is 5.73. The maximum atomic E-state index is 11.9. The van der Waals surface area contributed by atoms with Crippen molar-refractivity contribution in [1.82, 2.24) is 0 Å². The number of rotatable bonds is 5. The van der Waals surface area contributed by atoms with E-state index in [0.717, 1.165) is 28.3 Å². The van der Waals surface area contributed by atoms with Crippen molar-refractivity contribution in [3.8, 4) is 0 Å². The van der Waals surface area contributed by atoms with Crippen molar-refractivity contribution < 1.29 is 18.3 Å². The zero-order valence-electron chi connectivity index (χ0n) is 14.5. The number of carboxylic acid groups (broad SMARTS) is 1. The van der Waals surface area contributed by atoms with Gasteiger partial charge in [0.15, 0.2) is 0 Å². The summed E-state index contributed by atoms with van der Waals surface area (Å²) in [7, 11) is -3.66. The van der Waals surface area contributed by atoms with Gasteiger partial charge in [-0.25, -0.2) is 8.42 Å². The molecule has 0 aliphatic heterocycles. The molecule has 5 nitrogen and oxygen atoms in total. The Labute approximate surface area is 149 Å². The van der Waals surface area contributed by atoms with Crippen LogP contribution in [0.2, 0.25) is 0 Å². The molecule has 25 heavy (non-hydrogen) atoms.